The first-order valence-electron chi connectivity index (χ1n) is 9.36. The van der Waals surface area contributed by atoms with E-state index in [0.29, 0.717) is 25.4 Å². The molecule has 142 valence electrons. The fraction of sp³-hybridized carbons (Fsp3) is 0.600. The number of hydrogen-bond donors (Lipinski definition) is 2. The van der Waals surface area contributed by atoms with E-state index in [4.69, 9.17) is 9.47 Å². The van der Waals surface area contributed by atoms with Gasteiger partial charge in [0.2, 0.25) is 0 Å². The van der Waals surface area contributed by atoms with Crippen LogP contribution in [0.4, 0.5) is 0 Å². The van der Waals surface area contributed by atoms with Crippen molar-refractivity contribution in [2.24, 2.45) is 5.92 Å². The highest BCUT2D eigenvalue weighted by atomic mass is 79.9. The molecule has 5 rings (SSSR count). The quantitative estimate of drug-likeness (QED) is 0.510. The van der Waals surface area contributed by atoms with Gasteiger partial charge in [0.25, 0.3) is 0 Å². The first-order valence-corrected chi connectivity index (χ1v) is 9.36. The summed E-state index contributed by atoms with van der Waals surface area (Å²) >= 11 is 0. The van der Waals surface area contributed by atoms with Crippen molar-refractivity contribution >= 4 is 0 Å². The highest BCUT2D eigenvalue weighted by molar-refractivity contribution is 5.60. The Morgan fingerprint density at radius 1 is 1.35 bits per heavy atom. The summed E-state index contributed by atoms with van der Waals surface area (Å²) in [6.07, 6.45) is 7.37. The maximum atomic E-state index is 11.3. The molecule has 1 aromatic carbocycles. The number of aliphatic hydroxyl groups is 1. The third kappa shape index (κ3) is 2.70. The van der Waals surface area contributed by atoms with Gasteiger partial charge in [-0.15, -0.1) is 0 Å². The van der Waals surface area contributed by atoms with Gasteiger partial charge in [0, 0.05) is 29.9 Å². The van der Waals surface area contributed by atoms with E-state index >= 15 is 0 Å². The Kier molecular flexibility index (Phi) is 4.38. The Morgan fingerprint density at radius 3 is 2.88 bits per heavy atom. The molecule has 1 saturated carbocycles. The number of ether oxygens (including phenoxy) is 2. The predicted octanol–water partition coefficient (Wildman–Crippen LogP) is -0.461. The highest BCUT2D eigenvalue weighted by Gasteiger charge is 2.55. The van der Waals surface area contributed by atoms with Crippen molar-refractivity contribution < 1.29 is 41.4 Å². The van der Waals surface area contributed by atoms with Crippen LogP contribution in [0.2, 0.25) is 0 Å². The number of nitrogens with zero attached hydrogens (tertiary/aromatic N) is 1. The standard InChI is InChI=1S/C20H26NO4.BrH/c1-24-16-5-4-14-12-21(23,11-13-2-3-13)9-8-20-7-6-15(22)10-17(20)25-19(16)18(14)20;/h4-7,13,15,17,22-23H,2-3,8-12H2,1H3;1H/q+1;/p-1/t15-,17-,20-,21?;/m0./s1. The summed E-state index contributed by atoms with van der Waals surface area (Å²) in [5.74, 6) is 2.22. The minimum Gasteiger partial charge on any atom is -1.00 e. The average molecular weight is 424 g/mol. The number of methoxy groups -OCH3 is 1. The van der Waals surface area contributed by atoms with E-state index in [9.17, 15) is 10.3 Å². The van der Waals surface area contributed by atoms with E-state index in [1.807, 2.05) is 12.1 Å². The summed E-state index contributed by atoms with van der Waals surface area (Å²) in [4.78, 5) is 0. The van der Waals surface area contributed by atoms with Gasteiger partial charge < -0.3 is 31.6 Å². The van der Waals surface area contributed by atoms with Gasteiger partial charge in [-0.1, -0.05) is 12.2 Å². The third-order valence-corrected chi connectivity index (χ3v) is 6.50. The molecule has 0 bridgehead atoms. The summed E-state index contributed by atoms with van der Waals surface area (Å²) in [5, 5.41) is 21.4. The predicted molar refractivity (Wildman–Crippen MR) is 91.7 cm³/mol. The van der Waals surface area contributed by atoms with Crippen LogP contribution in [0.5, 0.6) is 11.5 Å². The monoisotopic (exact) mass is 423 g/mol. The van der Waals surface area contributed by atoms with Gasteiger partial charge in [-0.05, 0) is 25.0 Å². The van der Waals surface area contributed by atoms with Crippen LogP contribution in [0.15, 0.2) is 24.3 Å². The molecule has 0 aromatic heterocycles. The third-order valence-electron chi connectivity index (χ3n) is 6.50. The SMILES string of the molecule is COc1ccc2c3c1O[C@H]1C[C@@H](O)C=C[C@@]31CC[N+](O)(CC1CC1)C2.[Br-]. The van der Waals surface area contributed by atoms with Crippen molar-refractivity contribution in [3.8, 4) is 11.5 Å². The second-order valence-corrected chi connectivity index (χ2v) is 8.29. The largest absolute Gasteiger partial charge is 1.00 e. The fourth-order valence-electron chi connectivity index (χ4n) is 5.06. The van der Waals surface area contributed by atoms with Crippen molar-refractivity contribution in [1.82, 2.24) is 0 Å². The van der Waals surface area contributed by atoms with E-state index in [1.165, 1.54) is 18.4 Å². The van der Waals surface area contributed by atoms with Gasteiger partial charge in [0.05, 0.1) is 18.6 Å². The molecule has 2 heterocycles. The lowest BCUT2D eigenvalue weighted by molar-refractivity contribution is -1.11. The lowest BCUT2D eigenvalue weighted by Gasteiger charge is -2.36. The first kappa shape index (κ1) is 18.3. The maximum Gasteiger partial charge on any atom is 0.166 e. The summed E-state index contributed by atoms with van der Waals surface area (Å²) in [6, 6.07) is 4.04. The molecular weight excluding hydrogens is 398 g/mol. The Labute approximate surface area is 164 Å². The molecule has 1 unspecified atom stereocenters. The number of halogens is 1. The molecule has 1 spiro atoms. The van der Waals surface area contributed by atoms with E-state index in [1.54, 1.807) is 7.11 Å². The van der Waals surface area contributed by atoms with Gasteiger partial charge in [0.1, 0.15) is 25.7 Å². The summed E-state index contributed by atoms with van der Waals surface area (Å²) < 4.78 is 12.0. The maximum absolute atomic E-state index is 11.3. The molecule has 2 aliphatic carbocycles. The van der Waals surface area contributed by atoms with Gasteiger partial charge in [-0.25, -0.2) is 5.21 Å². The molecule has 6 heteroatoms. The van der Waals surface area contributed by atoms with Gasteiger partial charge >= 0.3 is 0 Å². The lowest BCUT2D eigenvalue weighted by atomic mass is 9.69. The van der Waals surface area contributed by atoms with Crippen LogP contribution in [0.1, 0.15) is 36.8 Å². The van der Waals surface area contributed by atoms with E-state index in [-0.39, 0.29) is 33.1 Å². The minimum atomic E-state index is -0.470. The molecule has 0 saturated heterocycles. The molecule has 2 aliphatic heterocycles. The zero-order valence-corrected chi connectivity index (χ0v) is 16.6. The summed E-state index contributed by atoms with van der Waals surface area (Å²) in [7, 11) is 1.66. The fourth-order valence-corrected chi connectivity index (χ4v) is 5.06. The molecule has 1 fully saturated rings. The van der Waals surface area contributed by atoms with Gasteiger partial charge in [-0.2, -0.15) is 4.65 Å². The molecule has 2 N–H and O–H groups in total. The van der Waals surface area contributed by atoms with Crippen LogP contribution in [0, 0.1) is 5.92 Å². The Bertz CT molecular complexity index is 750. The van der Waals surface area contributed by atoms with Crippen LogP contribution >= 0.6 is 0 Å². The Balaban J connectivity index is 0.00000168. The molecular formula is C20H26BrNO4. The molecule has 4 atom stereocenters. The number of hydroxylamine groups is 3. The zero-order valence-electron chi connectivity index (χ0n) is 15.0. The second-order valence-electron chi connectivity index (χ2n) is 8.29. The molecule has 4 aliphatic rings. The van der Waals surface area contributed by atoms with Crippen LogP contribution in [-0.4, -0.2) is 47.4 Å². The summed E-state index contributed by atoms with van der Waals surface area (Å²) in [5.41, 5.74) is 2.06. The minimum absolute atomic E-state index is 0. The Hall–Kier alpha value is -1.08. The zero-order chi connectivity index (χ0) is 17.2. The molecule has 5 nitrogen and oxygen atoms in total. The number of quaternary nitrogens is 1. The average Bonchev–Trinajstić information content (AvgIpc) is 3.33. The first-order chi connectivity index (χ1) is 12.0. The van der Waals surface area contributed by atoms with E-state index in [2.05, 4.69) is 12.1 Å². The van der Waals surface area contributed by atoms with Crippen LogP contribution in [0.25, 0.3) is 0 Å². The van der Waals surface area contributed by atoms with Crippen molar-refractivity contribution in [2.75, 3.05) is 20.2 Å². The smallest absolute Gasteiger partial charge is 0.166 e. The van der Waals surface area contributed by atoms with E-state index < -0.39 is 6.10 Å². The molecule has 0 amide bonds. The van der Waals surface area contributed by atoms with Gasteiger partial charge in [0.15, 0.2) is 11.5 Å². The Morgan fingerprint density at radius 2 is 2.15 bits per heavy atom. The summed E-state index contributed by atoms with van der Waals surface area (Å²) in [6.45, 7) is 2.18. The molecule has 0 radical (unpaired) electrons. The molecule has 1 aromatic rings. The number of rotatable bonds is 3. The van der Waals surface area contributed by atoms with Crippen molar-refractivity contribution in [3.63, 3.8) is 0 Å². The van der Waals surface area contributed by atoms with Gasteiger partial charge in [-0.3, -0.25) is 0 Å². The van der Waals surface area contributed by atoms with Crippen molar-refractivity contribution in [1.29, 1.82) is 0 Å². The normalized spacial score (nSPS) is 37.0. The highest BCUT2D eigenvalue weighted by Crippen LogP contribution is 2.56. The van der Waals surface area contributed by atoms with Crippen LogP contribution in [0.3, 0.4) is 0 Å². The number of benzene rings is 1. The lowest BCUT2D eigenvalue weighted by Crippen LogP contribution is -3.00. The van der Waals surface area contributed by atoms with Crippen molar-refractivity contribution in [2.45, 2.75) is 49.9 Å². The second kappa shape index (κ2) is 6.23. The van der Waals surface area contributed by atoms with Crippen molar-refractivity contribution in [3.05, 3.63) is 35.4 Å². The topological polar surface area (TPSA) is 58.9 Å². The molecule has 26 heavy (non-hydrogen) atoms. The van der Waals surface area contributed by atoms with E-state index in [0.717, 1.165) is 30.0 Å². The van der Waals surface area contributed by atoms with Crippen LogP contribution in [-0.2, 0) is 12.0 Å². The number of aliphatic hydroxyl groups excluding tert-OH is 1. The van der Waals surface area contributed by atoms with Crippen LogP contribution < -0.4 is 26.5 Å². The number of hydrogen-bond acceptors (Lipinski definition) is 4.